The molecule has 0 aliphatic rings. The lowest BCUT2D eigenvalue weighted by Crippen LogP contribution is -2.30. The average Bonchev–Trinajstić information content (AvgIpc) is 2.59. The van der Waals surface area contributed by atoms with Gasteiger partial charge in [0.25, 0.3) is 0 Å². The molecule has 21 heavy (non-hydrogen) atoms. The van der Waals surface area contributed by atoms with Crippen LogP contribution in [0.1, 0.15) is 16.7 Å². The first-order valence-electron chi connectivity index (χ1n) is 6.92. The Labute approximate surface area is 125 Å². The summed E-state index contributed by atoms with van der Waals surface area (Å²) in [7, 11) is 5.80. The zero-order valence-electron chi connectivity index (χ0n) is 11.6. The molecule has 0 saturated carbocycles. The van der Waals surface area contributed by atoms with Gasteiger partial charge in [-0.25, -0.2) is 0 Å². The molecule has 0 aliphatic carbocycles. The van der Waals surface area contributed by atoms with Crippen LogP contribution in [-0.2, 0) is 10.3 Å². The fourth-order valence-corrected chi connectivity index (χ4v) is 2.72. The SMILES string of the molecule is [CH]OC(c1ccccc1)(c1ccccc1)c1ccccc1. The molecule has 1 heteroatoms. The predicted molar refractivity (Wildman–Crippen MR) is 84.6 cm³/mol. The Balaban J connectivity index is 2.29. The monoisotopic (exact) mass is 272 g/mol. The number of hydrogen-bond acceptors (Lipinski definition) is 1. The Kier molecular flexibility index (Phi) is 3.85. The first kappa shape index (κ1) is 13.6. The highest BCUT2D eigenvalue weighted by Crippen LogP contribution is 2.39. The zero-order chi connectivity index (χ0) is 14.5. The summed E-state index contributed by atoms with van der Waals surface area (Å²) in [6.45, 7) is 0. The third-order valence-electron chi connectivity index (χ3n) is 3.72. The lowest BCUT2D eigenvalue weighted by atomic mass is 9.80. The van der Waals surface area contributed by atoms with E-state index in [1.54, 1.807) is 0 Å². The summed E-state index contributed by atoms with van der Waals surface area (Å²) in [6, 6.07) is 30.1. The minimum atomic E-state index is -0.802. The lowest BCUT2D eigenvalue weighted by Gasteiger charge is -2.34. The van der Waals surface area contributed by atoms with Gasteiger partial charge in [0.15, 0.2) is 0 Å². The predicted octanol–water partition coefficient (Wildman–Crippen LogP) is 4.66. The fourth-order valence-electron chi connectivity index (χ4n) is 2.72. The van der Waals surface area contributed by atoms with Gasteiger partial charge in [-0.05, 0) is 16.7 Å². The molecule has 0 heterocycles. The quantitative estimate of drug-likeness (QED) is 0.627. The van der Waals surface area contributed by atoms with Crippen LogP contribution in [0.25, 0.3) is 0 Å². The highest BCUT2D eigenvalue weighted by Gasteiger charge is 2.36. The van der Waals surface area contributed by atoms with Crippen molar-refractivity contribution in [2.45, 2.75) is 5.60 Å². The molecule has 0 aromatic heterocycles. The Morgan fingerprint density at radius 2 is 0.810 bits per heavy atom. The number of benzene rings is 3. The zero-order valence-corrected chi connectivity index (χ0v) is 11.6. The Morgan fingerprint density at radius 1 is 0.524 bits per heavy atom. The third kappa shape index (κ3) is 2.37. The highest BCUT2D eigenvalue weighted by molar-refractivity contribution is 5.47. The molecule has 1 nitrogen and oxygen atoms in total. The summed E-state index contributed by atoms with van der Waals surface area (Å²) < 4.78 is 5.60. The number of rotatable bonds is 4. The van der Waals surface area contributed by atoms with E-state index >= 15 is 0 Å². The summed E-state index contributed by atoms with van der Waals surface area (Å²) in [4.78, 5) is 0. The van der Waals surface area contributed by atoms with E-state index < -0.39 is 5.60 Å². The van der Waals surface area contributed by atoms with Crippen molar-refractivity contribution in [3.8, 4) is 0 Å². The summed E-state index contributed by atoms with van der Waals surface area (Å²) in [5, 5.41) is 0. The van der Waals surface area contributed by atoms with Crippen LogP contribution in [0.15, 0.2) is 91.0 Å². The van der Waals surface area contributed by atoms with Gasteiger partial charge in [-0.3, -0.25) is 0 Å². The van der Waals surface area contributed by atoms with Gasteiger partial charge in [-0.1, -0.05) is 91.0 Å². The lowest BCUT2D eigenvalue weighted by molar-refractivity contribution is 0.0918. The van der Waals surface area contributed by atoms with Crippen LogP contribution in [0.5, 0.6) is 0 Å². The van der Waals surface area contributed by atoms with Gasteiger partial charge in [-0.15, -0.1) is 0 Å². The van der Waals surface area contributed by atoms with Gasteiger partial charge in [0.2, 0.25) is 0 Å². The first-order chi connectivity index (χ1) is 10.4. The molecule has 0 atom stereocenters. The standard InChI is InChI=1S/C20H16O/c1-21-20(17-11-5-2-6-12-17,18-13-7-3-8-14-18)19-15-9-4-10-16-19/h1-16H. The topological polar surface area (TPSA) is 9.23 Å². The summed E-state index contributed by atoms with van der Waals surface area (Å²) >= 11 is 0. The van der Waals surface area contributed by atoms with Crippen molar-refractivity contribution in [1.29, 1.82) is 0 Å². The second kappa shape index (κ2) is 5.94. The van der Waals surface area contributed by atoms with E-state index in [0.29, 0.717) is 0 Å². The van der Waals surface area contributed by atoms with Crippen LogP contribution in [0.3, 0.4) is 0 Å². The molecule has 0 aliphatic heterocycles. The minimum Gasteiger partial charge on any atom is -0.352 e. The van der Waals surface area contributed by atoms with Crippen LogP contribution in [0.4, 0.5) is 0 Å². The smallest absolute Gasteiger partial charge is 0.144 e. The summed E-state index contributed by atoms with van der Waals surface area (Å²) in [5.41, 5.74) is 2.21. The molecular weight excluding hydrogens is 256 g/mol. The van der Waals surface area contributed by atoms with E-state index in [2.05, 4.69) is 0 Å². The molecule has 3 rings (SSSR count). The maximum absolute atomic E-state index is 5.80. The molecule has 0 fully saturated rings. The fraction of sp³-hybridized carbons (Fsp3) is 0.0500. The van der Waals surface area contributed by atoms with Gasteiger partial charge in [-0.2, -0.15) is 0 Å². The summed E-state index contributed by atoms with van der Waals surface area (Å²) in [5.74, 6) is 0. The molecule has 0 bridgehead atoms. The van der Waals surface area contributed by atoms with Crippen molar-refractivity contribution in [2.75, 3.05) is 0 Å². The van der Waals surface area contributed by atoms with Crippen LogP contribution in [0.2, 0.25) is 0 Å². The van der Waals surface area contributed by atoms with Crippen molar-refractivity contribution < 1.29 is 4.74 Å². The minimum absolute atomic E-state index is 0.802. The first-order valence-corrected chi connectivity index (χ1v) is 6.92. The number of ether oxygens (including phenoxy) is 1. The molecule has 0 spiro atoms. The molecule has 2 radical (unpaired) electrons. The van der Waals surface area contributed by atoms with E-state index in [4.69, 9.17) is 11.8 Å². The van der Waals surface area contributed by atoms with Crippen molar-refractivity contribution in [1.82, 2.24) is 0 Å². The maximum atomic E-state index is 5.80. The van der Waals surface area contributed by atoms with Crippen molar-refractivity contribution in [2.24, 2.45) is 0 Å². The number of hydrogen-bond donors (Lipinski definition) is 0. The van der Waals surface area contributed by atoms with E-state index in [0.717, 1.165) is 16.7 Å². The van der Waals surface area contributed by atoms with Crippen molar-refractivity contribution in [3.63, 3.8) is 0 Å². The van der Waals surface area contributed by atoms with Crippen molar-refractivity contribution in [3.05, 3.63) is 115 Å². The van der Waals surface area contributed by atoms with Crippen LogP contribution in [0, 0.1) is 7.11 Å². The molecule has 0 N–H and O–H groups in total. The summed E-state index contributed by atoms with van der Waals surface area (Å²) in [6.07, 6.45) is 0. The van der Waals surface area contributed by atoms with E-state index in [-0.39, 0.29) is 0 Å². The Bertz CT molecular complexity index is 578. The normalized spacial score (nSPS) is 11.3. The molecule has 0 amide bonds. The maximum Gasteiger partial charge on any atom is 0.144 e. The van der Waals surface area contributed by atoms with Crippen LogP contribution >= 0.6 is 0 Å². The Hall–Kier alpha value is -2.38. The second-order valence-electron chi connectivity index (χ2n) is 4.90. The average molecular weight is 272 g/mol. The second-order valence-corrected chi connectivity index (χ2v) is 4.90. The van der Waals surface area contributed by atoms with Gasteiger partial charge in [0.05, 0.1) is 0 Å². The van der Waals surface area contributed by atoms with Gasteiger partial charge < -0.3 is 4.74 Å². The van der Waals surface area contributed by atoms with Gasteiger partial charge >= 0.3 is 0 Å². The van der Waals surface area contributed by atoms with Gasteiger partial charge in [0.1, 0.15) is 12.7 Å². The molecule has 0 unspecified atom stereocenters. The van der Waals surface area contributed by atoms with E-state index in [1.165, 1.54) is 0 Å². The van der Waals surface area contributed by atoms with E-state index in [9.17, 15) is 0 Å². The van der Waals surface area contributed by atoms with Gasteiger partial charge in [0, 0.05) is 0 Å². The molecular formula is C20H16O. The van der Waals surface area contributed by atoms with Crippen molar-refractivity contribution >= 4 is 0 Å². The van der Waals surface area contributed by atoms with Crippen LogP contribution < -0.4 is 0 Å². The molecule has 102 valence electrons. The van der Waals surface area contributed by atoms with E-state index in [1.807, 2.05) is 91.0 Å². The largest absolute Gasteiger partial charge is 0.352 e. The molecule has 3 aromatic carbocycles. The highest BCUT2D eigenvalue weighted by atomic mass is 16.5. The Morgan fingerprint density at radius 3 is 1.05 bits per heavy atom. The molecule has 0 saturated heterocycles. The van der Waals surface area contributed by atoms with Crippen LogP contribution in [-0.4, -0.2) is 0 Å². The molecule has 3 aromatic rings. The third-order valence-corrected chi connectivity index (χ3v) is 3.72.